The van der Waals surface area contributed by atoms with Gasteiger partial charge in [0.25, 0.3) is 0 Å². The van der Waals surface area contributed by atoms with Crippen LogP contribution in [0.4, 0.5) is 0 Å². The van der Waals surface area contributed by atoms with E-state index in [0.717, 1.165) is 10.4 Å². The minimum Gasteiger partial charge on any atom is -0.496 e. The zero-order valence-corrected chi connectivity index (χ0v) is 13.8. The lowest BCUT2D eigenvalue weighted by atomic mass is 10.0. The zero-order chi connectivity index (χ0) is 15.6. The molecule has 0 fully saturated rings. The number of methoxy groups -OCH3 is 3. The van der Waals surface area contributed by atoms with Crippen molar-refractivity contribution < 1.29 is 14.2 Å². The Morgan fingerprint density at radius 1 is 0.905 bits per heavy atom. The summed E-state index contributed by atoms with van der Waals surface area (Å²) in [4.78, 5) is 2.38. The van der Waals surface area contributed by atoms with Gasteiger partial charge in [0, 0.05) is 21.4 Å². The molecule has 0 amide bonds. The minimum absolute atomic E-state index is 0.251. The second-order valence-electron chi connectivity index (χ2n) is 4.83. The molecule has 0 aliphatic heterocycles. The molecule has 0 saturated heterocycles. The van der Waals surface area contributed by atoms with E-state index >= 15 is 0 Å². The van der Waals surface area contributed by atoms with Gasteiger partial charge in [-0.15, -0.1) is 11.3 Å². The summed E-state index contributed by atoms with van der Waals surface area (Å²) < 4.78 is 16.1. The van der Waals surface area contributed by atoms with Crippen LogP contribution in [-0.2, 0) is 0 Å². The van der Waals surface area contributed by atoms with Gasteiger partial charge in [0.2, 0.25) is 0 Å². The van der Waals surface area contributed by atoms with Gasteiger partial charge in [-0.3, -0.25) is 0 Å². The highest BCUT2D eigenvalue weighted by atomic mass is 32.1. The normalized spacial score (nSPS) is 12.1. The van der Waals surface area contributed by atoms with Crippen LogP contribution in [0.2, 0.25) is 0 Å². The molecule has 1 aromatic heterocycles. The molecule has 4 nitrogen and oxygen atoms in total. The van der Waals surface area contributed by atoms with Crippen molar-refractivity contribution >= 4 is 11.3 Å². The molecule has 21 heavy (non-hydrogen) atoms. The molecule has 0 saturated carbocycles. The summed E-state index contributed by atoms with van der Waals surface area (Å²) >= 11 is 1.71. The Hall–Kier alpha value is -1.72. The van der Waals surface area contributed by atoms with E-state index in [0.29, 0.717) is 17.2 Å². The molecule has 1 aromatic carbocycles. The van der Waals surface area contributed by atoms with Crippen molar-refractivity contribution in [2.75, 3.05) is 21.3 Å². The lowest BCUT2D eigenvalue weighted by Gasteiger charge is -2.18. The van der Waals surface area contributed by atoms with Crippen molar-refractivity contribution in [3.8, 4) is 17.2 Å². The predicted molar refractivity (Wildman–Crippen MR) is 85.9 cm³/mol. The Balaban J connectivity index is 2.53. The molecule has 0 aliphatic rings. The molecule has 2 N–H and O–H groups in total. The summed E-state index contributed by atoms with van der Waals surface area (Å²) in [6.07, 6.45) is 0. The number of ether oxygens (including phenoxy) is 3. The van der Waals surface area contributed by atoms with Gasteiger partial charge in [0.15, 0.2) is 11.5 Å². The largest absolute Gasteiger partial charge is 0.496 e. The van der Waals surface area contributed by atoms with Gasteiger partial charge in [-0.1, -0.05) is 0 Å². The highest BCUT2D eigenvalue weighted by Gasteiger charge is 2.21. The third kappa shape index (κ3) is 2.99. The molecule has 1 heterocycles. The fourth-order valence-electron chi connectivity index (χ4n) is 2.41. The molecule has 0 spiro atoms. The smallest absolute Gasteiger partial charge is 0.164 e. The van der Waals surface area contributed by atoms with Crippen LogP contribution in [0.1, 0.15) is 26.9 Å². The van der Waals surface area contributed by atoms with Crippen LogP contribution in [0.3, 0.4) is 0 Å². The van der Waals surface area contributed by atoms with Gasteiger partial charge in [-0.05, 0) is 31.5 Å². The van der Waals surface area contributed by atoms with E-state index < -0.39 is 0 Å². The Bertz CT molecular complexity index is 637. The van der Waals surface area contributed by atoms with E-state index in [9.17, 15) is 0 Å². The highest BCUT2D eigenvalue weighted by Crippen LogP contribution is 2.40. The molecule has 0 aliphatic carbocycles. The first-order valence-electron chi connectivity index (χ1n) is 6.64. The zero-order valence-electron chi connectivity index (χ0n) is 13.0. The maximum Gasteiger partial charge on any atom is 0.164 e. The standard InChI is InChI=1S/C16H21NO3S/c1-9-6-10(2)21-16(9)15(17)11-7-13(19-4)14(20-5)8-12(11)18-3/h6-8,15H,17H2,1-5H3. The maximum absolute atomic E-state index is 6.46. The summed E-state index contributed by atoms with van der Waals surface area (Å²) in [7, 11) is 4.84. The fourth-order valence-corrected chi connectivity index (χ4v) is 3.46. The van der Waals surface area contributed by atoms with Crippen molar-refractivity contribution in [2.45, 2.75) is 19.9 Å². The molecule has 2 rings (SSSR count). The minimum atomic E-state index is -0.251. The molecule has 0 bridgehead atoms. The van der Waals surface area contributed by atoms with Crippen LogP contribution in [0, 0.1) is 13.8 Å². The van der Waals surface area contributed by atoms with Crippen LogP contribution in [0.25, 0.3) is 0 Å². The lowest BCUT2D eigenvalue weighted by Crippen LogP contribution is -2.13. The van der Waals surface area contributed by atoms with Gasteiger partial charge in [-0.2, -0.15) is 0 Å². The Labute approximate surface area is 129 Å². The topological polar surface area (TPSA) is 53.7 Å². The number of rotatable bonds is 5. The van der Waals surface area contributed by atoms with E-state index in [1.165, 1.54) is 10.4 Å². The van der Waals surface area contributed by atoms with Crippen LogP contribution < -0.4 is 19.9 Å². The van der Waals surface area contributed by atoms with Crippen molar-refractivity contribution in [3.05, 3.63) is 39.1 Å². The maximum atomic E-state index is 6.46. The second-order valence-corrected chi connectivity index (χ2v) is 6.12. The number of benzene rings is 1. The van der Waals surface area contributed by atoms with E-state index in [2.05, 4.69) is 19.9 Å². The number of hydrogen-bond acceptors (Lipinski definition) is 5. The molecule has 1 atom stereocenters. The fraction of sp³-hybridized carbons (Fsp3) is 0.375. The molecular weight excluding hydrogens is 286 g/mol. The van der Waals surface area contributed by atoms with Crippen LogP contribution in [0.5, 0.6) is 17.2 Å². The third-order valence-electron chi connectivity index (χ3n) is 3.43. The van der Waals surface area contributed by atoms with Crippen molar-refractivity contribution in [1.82, 2.24) is 0 Å². The Kier molecular flexibility index (Phi) is 4.75. The molecule has 114 valence electrons. The molecular formula is C16H21NO3S. The van der Waals surface area contributed by atoms with E-state index in [1.807, 2.05) is 12.1 Å². The summed E-state index contributed by atoms with van der Waals surface area (Å²) in [5, 5.41) is 0. The monoisotopic (exact) mass is 307 g/mol. The van der Waals surface area contributed by atoms with Crippen LogP contribution >= 0.6 is 11.3 Å². The van der Waals surface area contributed by atoms with Crippen molar-refractivity contribution in [2.24, 2.45) is 5.73 Å². The first kappa shape index (κ1) is 15.7. The van der Waals surface area contributed by atoms with E-state index in [-0.39, 0.29) is 6.04 Å². The van der Waals surface area contributed by atoms with Crippen LogP contribution in [0.15, 0.2) is 18.2 Å². The van der Waals surface area contributed by atoms with Gasteiger partial charge in [-0.25, -0.2) is 0 Å². The predicted octanol–water partition coefficient (Wildman–Crippen LogP) is 3.44. The summed E-state index contributed by atoms with van der Waals surface area (Å²) in [6.45, 7) is 4.16. The molecule has 2 aromatic rings. The van der Waals surface area contributed by atoms with Gasteiger partial charge in [0.05, 0.1) is 27.4 Å². The number of aryl methyl sites for hydroxylation is 2. The SMILES string of the molecule is COc1cc(OC)c(C(N)c2sc(C)cc2C)cc1OC. The van der Waals surface area contributed by atoms with Gasteiger partial charge in [0.1, 0.15) is 5.75 Å². The number of thiophene rings is 1. The first-order chi connectivity index (χ1) is 10.0. The van der Waals surface area contributed by atoms with Crippen LogP contribution in [-0.4, -0.2) is 21.3 Å². The summed E-state index contributed by atoms with van der Waals surface area (Å²) in [6, 6.07) is 5.59. The number of hydrogen-bond donors (Lipinski definition) is 1. The Morgan fingerprint density at radius 3 is 1.95 bits per heavy atom. The quantitative estimate of drug-likeness (QED) is 0.919. The van der Waals surface area contributed by atoms with Gasteiger partial charge >= 0.3 is 0 Å². The van der Waals surface area contributed by atoms with Crippen molar-refractivity contribution in [1.29, 1.82) is 0 Å². The molecule has 5 heteroatoms. The lowest BCUT2D eigenvalue weighted by molar-refractivity contribution is 0.347. The average molecular weight is 307 g/mol. The summed E-state index contributed by atoms with van der Waals surface area (Å²) in [5.41, 5.74) is 8.54. The third-order valence-corrected chi connectivity index (χ3v) is 4.67. The molecule has 1 unspecified atom stereocenters. The number of nitrogens with two attached hydrogens (primary N) is 1. The first-order valence-corrected chi connectivity index (χ1v) is 7.45. The van der Waals surface area contributed by atoms with E-state index in [1.54, 1.807) is 32.7 Å². The highest BCUT2D eigenvalue weighted by molar-refractivity contribution is 7.12. The average Bonchev–Trinajstić information content (AvgIpc) is 2.83. The van der Waals surface area contributed by atoms with Crippen molar-refractivity contribution in [3.63, 3.8) is 0 Å². The second kappa shape index (κ2) is 6.37. The summed E-state index contributed by atoms with van der Waals surface area (Å²) in [5.74, 6) is 1.98. The molecule has 0 radical (unpaired) electrons. The van der Waals surface area contributed by atoms with Gasteiger partial charge < -0.3 is 19.9 Å². The van der Waals surface area contributed by atoms with E-state index in [4.69, 9.17) is 19.9 Å². The Morgan fingerprint density at radius 2 is 1.48 bits per heavy atom.